The van der Waals surface area contributed by atoms with Crippen LogP contribution in [-0.4, -0.2) is 0 Å². The number of rotatable bonds is 0. The van der Waals surface area contributed by atoms with Crippen LogP contribution in [0.4, 0.5) is 0 Å². The maximum Gasteiger partial charge on any atom is 0.0700 e. The van der Waals surface area contributed by atoms with E-state index in [1.165, 1.54) is 0 Å². The molecule has 1 saturated carbocycles. The fourth-order valence-electron chi connectivity index (χ4n) is 1.07. The highest BCUT2D eigenvalue weighted by Gasteiger charge is 2.17. The SMILES string of the molecule is C=C1CCCC1C#N. The van der Waals surface area contributed by atoms with Gasteiger partial charge in [0.2, 0.25) is 0 Å². The van der Waals surface area contributed by atoms with E-state index in [-0.39, 0.29) is 5.92 Å². The standard InChI is InChI=1S/C7H9N/c1-6-3-2-4-7(6)5-8/h7H,1-4H2. The molecule has 0 aromatic carbocycles. The third-order valence-corrected chi connectivity index (χ3v) is 1.64. The van der Waals surface area contributed by atoms with Crippen LogP contribution in [0.3, 0.4) is 0 Å². The van der Waals surface area contributed by atoms with Crippen molar-refractivity contribution >= 4 is 0 Å². The van der Waals surface area contributed by atoms with Gasteiger partial charge in [0, 0.05) is 0 Å². The van der Waals surface area contributed by atoms with Gasteiger partial charge in [-0.3, -0.25) is 0 Å². The zero-order valence-electron chi connectivity index (χ0n) is 4.85. The van der Waals surface area contributed by atoms with Crippen LogP contribution in [-0.2, 0) is 0 Å². The number of allylic oxidation sites excluding steroid dienone is 1. The maximum atomic E-state index is 8.43. The Labute approximate surface area is 49.6 Å². The van der Waals surface area contributed by atoms with Crippen LogP contribution in [0.15, 0.2) is 12.2 Å². The van der Waals surface area contributed by atoms with Crippen LogP contribution in [0.1, 0.15) is 19.3 Å². The minimum atomic E-state index is 0.176. The molecule has 0 heterocycles. The van der Waals surface area contributed by atoms with Crippen molar-refractivity contribution in [3.05, 3.63) is 12.2 Å². The van der Waals surface area contributed by atoms with Gasteiger partial charge in [0.05, 0.1) is 12.0 Å². The Bertz CT molecular complexity index is 141. The predicted octanol–water partition coefficient (Wildman–Crippen LogP) is 1.87. The Morgan fingerprint density at radius 1 is 1.75 bits per heavy atom. The Kier molecular flexibility index (Phi) is 1.34. The smallest absolute Gasteiger partial charge is 0.0700 e. The van der Waals surface area contributed by atoms with Crippen LogP contribution in [0.25, 0.3) is 0 Å². The third kappa shape index (κ3) is 0.742. The van der Waals surface area contributed by atoms with Crippen LogP contribution in [0, 0.1) is 17.2 Å². The van der Waals surface area contributed by atoms with Gasteiger partial charge in [0.1, 0.15) is 0 Å². The minimum Gasteiger partial charge on any atom is -0.198 e. The first kappa shape index (κ1) is 5.37. The van der Waals surface area contributed by atoms with Crippen molar-refractivity contribution < 1.29 is 0 Å². The topological polar surface area (TPSA) is 23.8 Å². The van der Waals surface area contributed by atoms with Gasteiger partial charge in [-0.2, -0.15) is 5.26 Å². The number of nitrogens with zero attached hydrogens (tertiary/aromatic N) is 1. The molecule has 8 heavy (non-hydrogen) atoms. The van der Waals surface area contributed by atoms with E-state index >= 15 is 0 Å². The largest absolute Gasteiger partial charge is 0.198 e. The summed E-state index contributed by atoms with van der Waals surface area (Å²) in [5, 5.41) is 8.43. The molecule has 1 heteroatoms. The van der Waals surface area contributed by atoms with Gasteiger partial charge >= 0.3 is 0 Å². The molecule has 1 nitrogen and oxygen atoms in total. The molecule has 1 unspecified atom stereocenters. The molecule has 0 aromatic rings. The lowest BCUT2D eigenvalue weighted by Gasteiger charge is -1.94. The van der Waals surface area contributed by atoms with Gasteiger partial charge in [0.25, 0.3) is 0 Å². The Balaban J connectivity index is 2.58. The van der Waals surface area contributed by atoms with E-state index in [0.29, 0.717) is 0 Å². The lowest BCUT2D eigenvalue weighted by atomic mass is 10.1. The molecule has 0 radical (unpaired) electrons. The first-order chi connectivity index (χ1) is 3.84. The number of nitriles is 1. The van der Waals surface area contributed by atoms with Crippen molar-refractivity contribution in [2.24, 2.45) is 5.92 Å². The summed E-state index contributed by atoms with van der Waals surface area (Å²) in [7, 11) is 0. The molecule has 0 aliphatic heterocycles. The third-order valence-electron chi connectivity index (χ3n) is 1.64. The second-order valence-corrected chi connectivity index (χ2v) is 2.23. The molecule has 0 N–H and O–H groups in total. The average Bonchev–Trinajstić information content (AvgIpc) is 2.14. The van der Waals surface area contributed by atoms with Gasteiger partial charge < -0.3 is 0 Å². The molecule has 0 aromatic heterocycles. The second kappa shape index (κ2) is 2.00. The molecule has 1 fully saturated rings. The van der Waals surface area contributed by atoms with Crippen LogP contribution >= 0.6 is 0 Å². The zero-order valence-corrected chi connectivity index (χ0v) is 4.85. The summed E-state index contributed by atoms with van der Waals surface area (Å²) in [6.45, 7) is 3.78. The molecule has 0 saturated heterocycles. The van der Waals surface area contributed by atoms with Crippen molar-refractivity contribution in [1.29, 1.82) is 5.26 Å². The molecular weight excluding hydrogens is 98.1 g/mol. The molecular formula is C7H9N. The molecule has 1 aliphatic rings. The molecule has 0 spiro atoms. The minimum absolute atomic E-state index is 0.176. The normalized spacial score (nSPS) is 27.9. The van der Waals surface area contributed by atoms with Gasteiger partial charge in [0.15, 0.2) is 0 Å². The van der Waals surface area contributed by atoms with E-state index in [1.807, 2.05) is 0 Å². The van der Waals surface area contributed by atoms with Gasteiger partial charge in [-0.25, -0.2) is 0 Å². The van der Waals surface area contributed by atoms with Crippen LogP contribution in [0.2, 0.25) is 0 Å². The van der Waals surface area contributed by atoms with Crippen molar-refractivity contribution in [1.82, 2.24) is 0 Å². The molecule has 1 atom stereocenters. The van der Waals surface area contributed by atoms with Crippen LogP contribution < -0.4 is 0 Å². The molecule has 1 aliphatic carbocycles. The van der Waals surface area contributed by atoms with Gasteiger partial charge in [-0.05, 0) is 19.3 Å². The fraction of sp³-hybridized carbons (Fsp3) is 0.571. The molecule has 0 bridgehead atoms. The highest BCUT2D eigenvalue weighted by molar-refractivity contribution is 5.13. The quantitative estimate of drug-likeness (QED) is 0.433. The molecule has 1 rings (SSSR count). The molecule has 0 amide bonds. The molecule has 42 valence electrons. The second-order valence-electron chi connectivity index (χ2n) is 2.23. The summed E-state index contributed by atoms with van der Waals surface area (Å²) >= 11 is 0. The van der Waals surface area contributed by atoms with Crippen LogP contribution in [0.5, 0.6) is 0 Å². The Morgan fingerprint density at radius 2 is 2.50 bits per heavy atom. The van der Waals surface area contributed by atoms with Gasteiger partial charge in [-0.15, -0.1) is 0 Å². The number of hydrogen-bond donors (Lipinski definition) is 0. The zero-order chi connectivity index (χ0) is 5.98. The highest BCUT2D eigenvalue weighted by atomic mass is 14.3. The summed E-state index contributed by atoms with van der Waals surface area (Å²) in [4.78, 5) is 0. The first-order valence-electron chi connectivity index (χ1n) is 2.92. The number of hydrogen-bond acceptors (Lipinski definition) is 1. The average molecular weight is 107 g/mol. The van der Waals surface area contributed by atoms with Crippen molar-refractivity contribution in [3.63, 3.8) is 0 Å². The Morgan fingerprint density at radius 3 is 2.75 bits per heavy atom. The van der Waals surface area contributed by atoms with Gasteiger partial charge in [-0.1, -0.05) is 12.2 Å². The summed E-state index contributed by atoms with van der Waals surface area (Å²) in [5.41, 5.74) is 1.13. The lowest BCUT2D eigenvalue weighted by Crippen LogP contribution is -1.87. The van der Waals surface area contributed by atoms with Crippen molar-refractivity contribution in [2.45, 2.75) is 19.3 Å². The van der Waals surface area contributed by atoms with E-state index in [2.05, 4.69) is 12.6 Å². The first-order valence-corrected chi connectivity index (χ1v) is 2.92. The summed E-state index contributed by atoms with van der Waals surface area (Å²) in [6.07, 6.45) is 3.27. The van der Waals surface area contributed by atoms with E-state index in [4.69, 9.17) is 5.26 Å². The Hall–Kier alpha value is -0.770. The predicted molar refractivity (Wildman–Crippen MR) is 32.1 cm³/mol. The van der Waals surface area contributed by atoms with E-state index in [9.17, 15) is 0 Å². The van der Waals surface area contributed by atoms with Crippen molar-refractivity contribution in [3.8, 4) is 6.07 Å². The van der Waals surface area contributed by atoms with Crippen molar-refractivity contribution in [2.75, 3.05) is 0 Å². The lowest BCUT2D eigenvalue weighted by molar-refractivity contribution is 0.778. The summed E-state index contributed by atoms with van der Waals surface area (Å²) in [5.74, 6) is 0.176. The maximum absolute atomic E-state index is 8.43. The monoisotopic (exact) mass is 107 g/mol. The summed E-state index contributed by atoms with van der Waals surface area (Å²) < 4.78 is 0. The van der Waals surface area contributed by atoms with E-state index < -0.39 is 0 Å². The summed E-state index contributed by atoms with van der Waals surface area (Å²) in [6, 6.07) is 2.21. The van der Waals surface area contributed by atoms with E-state index in [1.54, 1.807) is 0 Å². The van der Waals surface area contributed by atoms with E-state index in [0.717, 1.165) is 24.8 Å². The fourth-order valence-corrected chi connectivity index (χ4v) is 1.07. The highest BCUT2D eigenvalue weighted by Crippen LogP contribution is 2.28.